The van der Waals surface area contributed by atoms with E-state index in [1.54, 1.807) is 22.5 Å². The topological polar surface area (TPSA) is 65.1 Å². The summed E-state index contributed by atoms with van der Waals surface area (Å²) in [6, 6.07) is 5.36. The Labute approximate surface area is 137 Å². The van der Waals surface area contributed by atoms with Gasteiger partial charge in [0.2, 0.25) is 16.8 Å². The zero-order valence-corrected chi connectivity index (χ0v) is 14.2. The minimum atomic E-state index is -3.17. The highest BCUT2D eigenvalue weighted by Gasteiger charge is 2.26. The molecule has 128 valence electrons. The zero-order valence-electron chi connectivity index (χ0n) is 13.4. The molecule has 1 fully saturated rings. The molecule has 0 radical (unpaired) electrons. The van der Waals surface area contributed by atoms with Crippen molar-refractivity contribution in [1.82, 2.24) is 4.31 Å². The Kier molecular flexibility index (Phi) is 4.96. The average molecular weight is 341 g/mol. The molecule has 1 atom stereocenters. The first kappa shape index (κ1) is 16.4. The minimum Gasteiger partial charge on any atom is -0.493 e. The van der Waals surface area contributed by atoms with Gasteiger partial charge in [0.1, 0.15) is 5.75 Å². The van der Waals surface area contributed by atoms with Gasteiger partial charge in [-0.2, -0.15) is 0 Å². The molecule has 2 aliphatic rings. The largest absolute Gasteiger partial charge is 0.493 e. The van der Waals surface area contributed by atoms with E-state index in [4.69, 9.17) is 14.2 Å². The first-order valence-corrected chi connectivity index (χ1v) is 9.66. The van der Waals surface area contributed by atoms with Crippen molar-refractivity contribution in [3.05, 3.63) is 18.2 Å². The van der Waals surface area contributed by atoms with E-state index in [0.29, 0.717) is 49.3 Å². The van der Waals surface area contributed by atoms with Crippen molar-refractivity contribution < 1.29 is 22.6 Å². The maximum Gasteiger partial charge on any atom is 0.231 e. The molecule has 1 unspecified atom stereocenters. The van der Waals surface area contributed by atoms with Crippen molar-refractivity contribution in [3.8, 4) is 17.2 Å². The number of rotatable bonds is 6. The van der Waals surface area contributed by atoms with E-state index in [0.717, 1.165) is 12.8 Å². The van der Waals surface area contributed by atoms with E-state index < -0.39 is 10.0 Å². The summed E-state index contributed by atoms with van der Waals surface area (Å²) in [5.74, 6) is 2.61. The Balaban J connectivity index is 1.45. The second-order valence-corrected chi connectivity index (χ2v) is 8.23. The maximum atomic E-state index is 12.3. The fraction of sp³-hybridized carbons (Fsp3) is 0.625. The molecule has 1 saturated heterocycles. The molecule has 23 heavy (non-hydrogen) atoms. The van der Waals surface area contributed by atoms with Crippen LogP contribution in [0.5, 0.6) is 17.2 Å². The summed E-state index contributed by atoms with van der Waals surface area (Å²) in [5, 5.41) is 0. The summed E-state index contributed by atoms with van der Waals surface area (Å²) in [4.78, 5) is 0. The van der Waals surface area contributed by atoms with E-state index in [9.17, 15) is 8.42 Å². The van der Waals surface area contributed by atoms with Crippen molar-refractivity contribution in [1.29, 1.82) is 0 Å². The monoisotopic (exact) mass is 341 g/mol. The molecule has 7 heteroatoms. The summed E-state index contributed by atoms with van der Waals surface area (Å²) in [7, 11) is -3.17. The molecule has 1 aromatic carbocycles. The van der Waals surface area contributed by atoms with Gasteiger partial charge < -0.3 is 14.2 Å². The number of ether oxygens (including phenoxy) is 3. The fourth-order valence-electron chi connectivity index (χ4n) is 2.93. The van der Waals surface area contributed by atoms with Crippen LogP contribution in [0.3, 0.4) is 0 Å². The molecule has 0 aromatic heterocycles. The quantitative estimate of drug-likeness (QED) is 0.743. The van der Waals surface area contributed by atoms with Crippen LogP contribution in [-0.2, 0) is 10.0 Å². The molecule has 0 aliphatic carbocycles. The van der Waals surface area contributed by atoms with Crippen LogP contribution in [0.25, 0.3) is 0 Å². The van der Waals surface area contributed by atoms with Crippen molar-refractivity contribution in [2.75, 3.05) is 32.2 Å². The van der Waals surface area contributed by atoms with Crippen LogP contribution >= 0.6 is 0 Å². The maximum absolute atomic E-state index is 12.3. The lowest BCUT2D eigenvalue weighted by molar-refractivity contribution is 0.173. The molecular formula is C16H23NO5S. The molecule has 0 N–H and O–H groups in total. The highest BCUT2D eigenvalue weighted by Crippen LogP contribution is 2.35. The van der Waals surface area contributed by atoms with Crippen molar-refractivity contribution >= 4 is 10.0 Å². The van der Waals surface area contributed by atoms with E-state index in [-0.39, 0.29) is 12.5 Å². The standard InChI is InChI=1S/C16H23NO5S/c1-13-4-2-7-17(11-13)23(18,19)9-3-8-20-14-5-6-15-16(10-14)22-12-21-15/h5-6,10,13H,2-4,7-9,11-12H2,1H3. The molecular weight excluding hydrogens is 318 g/mol. The number of hydrogen-bond acceptors (Lipinski definition) is 5. The summed E-state index contributed by atoms with van der Waals surface area (Å²) in [6.45, 7) is 3.99. The summed E-state index contributed by atoms with van der Waals surface area (Å²) in [5.41, 5.74) is 0. The first-order chi connectivity index (χ1) is 11.0. The van der Waals surface area contributed by atoms with Crippen molar-refractivity contribution in [2.24, 2.45) is 5.92 Å². The highest BCUT2D eigenvalue weighted by molar-refractivity contribution is 7.89. The molecule has 1 aromatic rings. The smallest absolute Gasteiger partial charge is 0.231 e. The Hall–Kier alpha value is -1.47. The van der Waals surface area contributed by atoms with Gasteiger partial charge in [-0.3, -0.25) is 0 Å². The second kappa shape index (κ2) is 6.97. The van der Waals surface area contributed by atoms with Crippen LogP contribution in [0.4, 0.5) is 0 Å². The van der Waals surface area contributed by atoms with Gasteiger partial charge in [-0.05, 0) is 37.3 Å². The Morgan fingerprint density at radius 2 is 2.13 bits per heavy atom. The first-order valence-electron chi connectivity index (χ1n) is 8.05. The molecule has 2 heterocycles. The fourth-order valence-corrected chi connectivity index (χ4v) is 4.56. The van der Waals surface area contributed by atoms with E-state index >= 15 is 0 Å². The van der Waals surface area contributed by atoms with Gasteiger partial charge in [-0.25, -0.2) is 12.7 Å². The van der Waals surface area contributed by atoms with Gasteiger partial charge in [0, 0.05) is 19.2 Å². The Morgan fingerprint density at radius 3 is 2.96 bits per heavy atom. The summed E-state index contributed by atoms with van der Waals surface area (Å²) in [6.07, 6.45) is 2.54. The van der Waals surface area contributed by atoms with Gasteiger partial charge in [0.25, 0.3) is 0 Å². The Bertz CT molecular complexity index is 646. The van der Waals surface area contributed by atoms with E-state index in [2.05, 4.69) is 6.92 Å². The van der Waals surface area contributed by atoms with Crippen LogP contribution < -0.4 is 14.2 Å². The van der Waals surface area contributed by atoms with Crippen LogP contribution in [0.1, 0.15) is 26.2 Å². The lowest BCUT2D eigenvalue weighted by Crippen LogP contribution is -2.40. The number of piperidine rings is 1. The van der Waals surface area contributed by atoms with Crippen LogP contribution in [0.15, 0.2) is 18.2 Å². The predicted octanol–water partition coefficient (Wildman–Crippen LogP) is 2.25. The third kappa shape index (κ3) is 4.09. The highest BCUT2D eigenvalue weighted by atomic mass is 32.2. The summed E-state index contributed by atoms with van der Waals surface area (Å²) < 4.78 is 42.4. The molecule has 3 rings (SSSR count). The van der Waals surface area contributed by atoms with Crippen LogP contribution in [0, 0.1) is 5.92 Å². The number of benzene rings is 1. The minimum absolute atomic E-state index is 0.129. The lowest BCUT2D eigenvalue weighted by atomic mass is 10.0. The van der Waals surface area contributed by atoms with Gasteiger partial charge >= 0.3 is 0 Å². The van der Waals surface area contributed by atoms with Crippen LogP contribution in [0.2, 0.25) is 0 Å². The van der Waals surface area contributed by atoms with Crippen molar-refractivity contribution in [2.45, 2.75) is 26.2 Å². The average Bonchev–Trinajstić information content (AvgIpc) is 2.99. The molecule has 0 spiro atoms. The van der Waals surface area contributed by atoms with Crippen LogP contribution in [-0.4, -0.2) is 45.0 Å². The number of nitrogens with zero attached hydrogens (tertiary/aromatic N) is 1. The summed E-state index contributed by atoms with van der Waals surface area (Å²) >= 11 is 0. The molecule has 6 nitrogen and oxygen atoms in total. The third-order valence-corrected chi connectivity index (χ3v) is 6.10. The van der Waals surface area contributed by atoms with Crippen molar-refractivity contribution in [3.63, 3.8) is 0 Å². The molecule has 0 amide bonds. The second-order valence-electron chi connectivity index (χ2n) is 6.14. The van der Waals surface area contributed by atoms with Gasteiger partial charge in [-0.15, -0.1) is 0 Å². The molecule has 0 bridgehead atoms. The predicted molar refractivity (Wildman–Crippen MR) is 86.4 cm³/mol. The van der Waals surface area contributed by atoms with E-state index in [1.165, 1.54) is 0 Å². The van der Waals surface area contributed by atoms with E-state index in [1.807, 2.05) is 0 Å². The normalized spacial score (nSPS) is 21.3. The zero-order chi connectivity index (χ0) is 16.3. The Morgan fingerprint density at radius 1 is 1.30 bits per heavy atom. The molecule has 2 aliphatic heterocycles. The number of hydrogen-bond donors (Lipinski definition) is 0. The number of fused-ring (bicyclic) bond motifs is 1. The van der Waals surface area contributed by atoms with Gasteiger partial charge in [-0.1, -0.05) is 6.92 Å². The van der Waals surface area contributed by atoms with Gasteiger partial charge in [0.05, 0.1) is 12.4 Å². The molecule has 0 saturated carbocycles. The van der Waals surface area contributed by atoms with Gasteiger partial charge in [0.15, 0.2) is 11.5 Å². The third-order valence-electron chi connectivity index (χ3n) is 4.17. The number of sulfonamides is 1. The lowest BCUT2D eigenvalue weighted by Gasteiger charge is -2.30. The SMILES string of the molecule is CC1CCCN(S(=O)(=O)CCCOc2ccc3c(c2)OCO3)C1.